The lowest BCUT2D eigenvalue weighted by atomic mass is 10.1. The molecule has 1 aromatic carbocycles. The monoisotopic (exact) mass is 333 g/mol. The zero-order chi connectivity index (χ0) is 17.1. The molecular weight excluding hydrogens is 324 g/mol. The number of halogens is 2. The van der Waals surface area contributed by atoms with Gasteiger partial charge in [0.25, 0.3) is 17.7 Å². The molecule has 24 heavy (non-hydrogen) atoms. The van der Waals surface area contributed by atoms with Crippen LogP contribution in [-0.2, 0) is 4.84 Å². The highest BCUT2D eigenvalue weighted by molar-refractivity contribution is 6.21. The van der Waals surface area contributed by atoms with Gasteiger partial charge in [0.2, 0.25) is 0 Å². The molecule has 122 valence electrons. The van der Waals surface area contributed by atoms with Gasteiger partial charge in [-0.1, -0.05) is 17.2 Å². The number of alkyl halides is 2. The third kappa shape index (κ3) is 2.01. The summed E-state index contributed by atoms with van der Waals surface area (Å²) in [6.07, 6.45) is 0.745. The van der Waals surface area contributed by atoms with Crippen LogP contribution in [0.4, 0.5) is 8.78 Å². The second-order valence-electron chi connectivity index (χ2n) is 5.47. The van der Waals surface area contributed by atoms with Crippen molar-refractivity contribution in [2.75, 3.05) is 0 Å². The number of rotatable bonds is 3. The van der Waals surface area contributed by atoms with Crippen LogP contribution in [0.3, 0.4) is 0 Å². The Morgan fingerprint density at radius 3 is 2.29 bits per heavy atom. The Morgan fingerprint density at radius 1 is 1.17 bits per heavy atom. The van der Waals surface area contributed by atoms with Crippen LogP contribution in [0.15, 0.2) is 36.5 Å². The van der Waals surface area contributed by atoms with Crippen molar-refractivity contribution in [2.24, 2.45) is 0 Å². The second kappa shape index (κ2) is 4.70. The Kier molecular flexibility index (Phi) is 2.84. The first-order chi connectivity index (χ1) is 11.4. The van der Waals surface area contributed by atoms with E-state index in [4.69, 9.17) is 4.84 Å². The number of amides is 2. The lowest BCUT2D eigenvalue weighted by molar-refractivity contribution is -0.0593. The molecule has 2 aliphatic rings. The fraction of sp³-hybridized carbons (Fsp3) is 0.200. The number of carbonyl (C=O) groups excluding carboxylic acids is 3. The second-order valence-corrected chi connectivity index (χ2v) is 5.47. The maximum absolute atomic E-state index is 13.2. The van der Waals surface area contributed by atoms with Crippen LogP contribution in [0.25, 0.3) is 0 Å². The van der Waals surface area contributed by atoms with Gasteiger partial charge in [-0.3, -0.25) is 9.59 Å². The summed E-state index contributed by atoms with van der Waals surface area (Å²) in [6.45, 7) is 0. The predicted molar refractivity (Wildman–Crippen MR) is 73.2 cm³/mol. The predicted octanol–water partition coefficient (Wildman–Crippen LogP) is 1.83. The fourth-order valence-corrected chi connectivity index (χ4v) is 2.57. The molecule has 0 radical (unpaired) electrons. The summed E-state index contributed by atoms with van der Waals surface area (Å²) in [6, 6.07) is 5.96. The molecule has 4 rings (SSSR count). The summed E-state index contributed by atoms with van der Waals surface area (Å²) in [5, 5.41) is 4.02. The molecule has 1 aromatic heterocycles. The Balaban J connectivity index is 1.58. The van der Waals surface area contributed by atoms with Crippen molar-refractivity contribution in [1.82, 2.24) is 14.8 Å². The summed E-state index contributed by atoms with van der Waals surface area (Å²) in [7, 11) is 0. The topological polar surface area (TPSA) is 81.5 Å². The van der Waals surface area contributed by atoms with E-state index in [1.54, 1.807) is 12.1 Å². The standard InChI is InChI=1S/C15H9F2N3O4/c16-15(17)7-11(15)19-10(5-6-18-19)14(23)24-20-12(21)8-3-1-2-4-9(8)13(20)22/h1-6,11H,7H2. The van der Waals surface area contributed by atoms with Crippen molar-refractivity contribution in [1.29, 1.82) is 0 Å². The van der Waals surface area contributed by atoms with Crippen LogP contribution in [0, 0.1) is 0 Å². The molecular formula is C15H9F2N3O4. The van der Waals surface area contributed by atoms with Gasteiger partial charge in [-0.25, -0.2) is 18.3 Å². The van der Waals surface area contributed by atoms with Gasteiger partial charge in [-0.05, 0) is 18.2 Å². The highest BCUT2D eigenvalue weighted by Crippen LogP contribution is 2.52. The zero-order valence-electron chi connectivity index (χ0n) is 12.0. The molecule has 2 amide bonds. The summed E-state index contributed by atoms with van der Waals surface area (Å²) in [4.78, 5) is 41.3. The molecule has 1 atom stereocenters. The minimum atomic E-state index is -2.93. The summed E-state index contributed by atoms with van der Waals surface area (Å²) >= 11 is 0. The van der Waals surface area contributed by atoms with Crippen LogP contribution >= 0.6 is 0 Å². The van der Waals surface area contributed by atoms with E-state index in [1.807, 2.05) is 0 Å². The number of nitrogens with zero attached hydrogens (tertiary/aromatic N) is 3. The molecule has 0 N–H and O–H groups in total. The van der Waals surface area contributed by atoms with E-state index in [1.165, 1.54) is 24.4 Å². The molecule has 0 bridgehead atoms. The number of fused-ring (bicyclic) bond motifs is 1. The average molecular weight is 333 g/mol. The number of imide groups is 1. The quantitative estimate of drug-likeness (QED) is 0.801. The van der Waals surface area contributed by atoms with E-state index in [0.29, 0.717) is 5.06 Å². The normalized spacial score (nSPS) is 20.9. The van der Waals surface area contributed by atoms with Crippen LogP contribution in [0.1, 0.15) is 43.7 Å². The Bertz CT molecular complexity index is 857. The largest absolute Gasteiger partial charge is 0.381 e. The summed E-state index contributed by atoms with van der Waals surface area (Å²) in [5.41, 5.74) is -0.0381. The first kappa shape index (κ1) is 14.5. The van der Waals surface area contributed by atoms with Crippen LogP contribution in [-0.4, -0.2) is 38.5 Å². The van der Waals surface area contributed by atoms with Crippen molar-refractivity contribution in [3.8, 4) is 0 Å². The smallest absolute Gasteiger partial charge is 0.323 e. The van der Waals surface area contributed by atoms with E-state index < -0.39 is 36.2 Å². The van der Waals surface area contributed by atoms with Crippen molar-refractivity contribution in [3.05, 3.63) is 53.3 Å². The Labute approximate surface area is 133 Å². The van der Waals surface area contributed by atoms with Gasteiger partial charge >= 0.3 is 5.97 Å². The van der Waals surface area contributed by atoms with Crippen LogP contribution < -0.4 is 0 Å². The van der Waals surface area contributed by atoms with Crippen LogP contribution in [0.5, 0.6) is 0 Å². The van der Waals surface area contributed by atoms with Gasteiger partial charge < -0.3 is 4.84 Å². The number of benzene rings is 1. The molecule has 2 heterocycles. The lowest BCUT2D eigenvalue weighted by Crippen LogP contribution is -2.33. The minimum Gasteiger partial charge on any atom is -0.323 e. The van der Waals surface area contributed by atoms with Crippen molar-refractivity contribution in [3.63, 3.8) is 0 Å². The Morgan fingerprint density at radius 2 is 1.75 bits per heavy atom. The highest BCUT2D eigenvalue weighted by atomic mass is 19.3. The Hall–Kier alpha value is -3.10. The van der Waals surface area contributed by atoms with Crippen molar-refractivity contribution >= 4 is 17.8 Å². The van der Waals surface area contributed by atoms with Crippen LogP contribution in [0.2, 0.25) is 0 Å². The molecule has 1 aliphatic heterocycles. The molecule has 1 aliphatic carbocycles. The molecule has 0 saturated heterocycles. The lowest BCUT2D eigenvalue weighted by Gasteiger charge is -2.13. The first-order valence-corrected chi connectivity index (χ1v) is 7.01. The van der Waals surface area contributed by atoms with Gasteiger partial charge in [0.1, 0.15) is 11.7 Å². The molecule has 1 unspecified atom stereocenters. The van der Waals surface area contributed by atoms with Gasteiger partial charge in [0.05, 0.1) is 11.1 Å². The van der Waals surface area contributed by atoms with E-state index in [2.05, 4.69) is 5.10 Å². The van der Waals surface area contributed by atoms with Gasteiger partial charge in [-0.2, -0.15) is 5.10 Å². The summed E-state index contributed by atoms with van der Waals surface area (Å²) in [5.74, 6) is -5.61. The highest BCUT2D eigenvalue weighted by Gasteiger charge is 2.60. The zero-order valence-corrected chi connectivity index (χ0v) is 12.0. The van der Waals surface area contributed by atoms with Gasteiger partial charge in [0, 0.05) is 12.6 Å². The average Bonchev–Trinajstić information content (AvgIpc) is 2.91. The molecule has 1 saturated carbocycles. The number of carbonyl (C=O) groups is 3. The van der Waals surface area contributed by atoms with E-state index in [-0.39, 0.29) is 16.8 Å². The molecule has 7 nitrogen and oxygen atoms in total. The summed E-state index contributed by atoms with van der Waals surface area (Å²) < 4.78 is 27.2. The third-order valence-electron chi connectivity index (χ3n) is 3.90. The van der Waals surface area contributed by atoms with Crippen molar-refractivity contribution < 1.29 is 28.0 Å². The molecule has 1 fully saturated rings. The van der Waals surface area contributed by atoms with E-state index in [0.717, 1.165) is 4.68 Å². The molecule has 9 heteroatoms. The molecule has 2 aromatic rings. The SMILES string of the molecule is O=C(ON1C(=O)c2ccccc2C1=O)c1ccnn1C1CC1(F)F. The number of hydrogen-bond donors (Lipinski definition) is 0. The number of hydrogen-bond acceptors (Lipinski definition) is 5. The minimum absolute atomic E-state index is 0.109. The van der Waals surface area contributed by atoms with Gasteiger partial charge in [-0.15, -0.1) is 0 Å². The van der Waals surface area contributed by atoms with Crippen molar-refractivity contribution in [2.45, 2.75) is 18.4 Å². The maximum Gasteiger partial charge on any atom is 0.381 e. The van der Waals surface area contributed by atoms with Gasteiger partial charge in [0.15, 0.2) is 0 Å². The molecule has 0 spiro atoms. The fourth-order valence-electron chi connectivity index (χ4n) is 2.57. The number of hydroxylamine groups is 2. The first-order valence-electron chi connectivity index (χ1n) is 7.01. The number of aromatic nitrogens is 2. The van der Waals surface area contributed by atoms with E-state index in [9.17, 15) is 23.2 Å². The maximum atomic E-state index is 13.2. The van der Waals surface area contributed by atoms with E-state index >= 15 is 0 Å². The third-order valence-corrected chi connectivity index (χ3v) is 3.90.